The summed E-state index contributed by atoms with van der Waals surface area (Å²) in [6.45, 7) is 4.79. The zero-order valence-corrected chi connectivity index (χ0v) is 16.9. The molecule has 1 atom stereocenters. The van der Waals surface area contributed by atoms with Gasteiger partial charge in [0.1, 0.15) is 5.54 Å². The maximum Gasteiger partial charge on any atom is 0.344 e. The maximum absolute atomic E-state index is 12.5. The summed E-state index contributed by atoms with van der Waals surface area (Å²) in [5, 5.41) is 7.41. The van der Waals surface area contributed by atoms with Gasteiger partial charge in [-0.25, -0.2) is 4.79 Å². The lowest BCUT2D eigenvalue weighted by molar-refractivity contribution is -0.139. The summed E-state index contributed by atoms with van der Waals surface area (Å²) in [7, 11) is 0. The van der Waals surface area contributed by atoms with Crippen molar-refractivity contribution in [1.82, 2.24) is 20.7 Å². The first-order chi connectivity index (χ1) is 12.9. The van der Waals surface area contributed by atoms with Gasteiger partial charge in [-0.1, -0.05) is 19.1 Å². The van der Waals surface area contributed by atoms with Crippen molar-refractivity contribution >= 4 is 40.5 Å². The number of nitrogens with zero attached hydrogens (tertiary/aromatic N) is 2. The molecule has 2 aromatic rings. The number of urea groups is 1. The molecule has 7 nitrogen and oxygen atoms in total. The van der Waals surface area contributed by atoms with Crippen molar-refractivity contribution < 1.29 is 14.4 Å². The van der Waals surface area contributed by atoms with E-state index in [9.17, 15) is 14.4 Å². The highest BCUT2D eigenvalue weighted by Gasteiger charge is 2.47. The van der Waals surface area contributed by atoms with Crippen LogP contribution in [0.2, 0.25) is 0 Å². The topological polar surface area (TPSA) is 81.8 Å². The molecular formula is C18H22N4O3S2. The van der Waals surface area contributed by atoms with Crippen LogP contribution < -0.4 is 10.7 Å². The minimum Gasteiger partial charge on any atom is -0.322 e. The SMILES string of the molecule is CCC1(C)NC(=O)N(NC(=O)CN(Cc2cccs2)Cc2cccs2)C1=O. The Morgan fingerprint density at radius 3 is 2.22 bits per heavy atom. The Labute approximate surface area is 165 Å². The van der Waals surface area contributed by atoms with E-state index in [-0.39, 0.29) is 6.54 Å². The number of imide groups is 1. The van der Waals surface area contributed by atoms with Crippen LogP contribution in [0, 0.1) is 0 Å². The van der Waals surface area contributed by atoms with Gasteiger partial charge in [-0.3, -0.25) is 19.9 Å². The Bertz CT molecular complexity index is 770. The van der Waals surface area contributed by atoms with Crippen LogP contribution in [0.3, 0.4) is 0 Å². The number of rotatable bonds is 8. The standard InChI is InChI=1S/C18H22N4O3S2/c1-3-18(2)16(24)22(17(25)19-18)20-15(23)12-21(10-13-6-4-8-26-13)11-14-7-5-9-27-14/h4-9H,3,10-12H2,1-2H3,(H,19,25)(H,20,23). The predicted molar refractivity (Wildman–Crippen MR) is 105 cm³/mol. The molecule has 27 heavy (non-hydrogen) atoms. The second kappa shape index (κ2) is 8.20. The summed E-state index contributed by atoms with van der Waals surface area (Å²) < 4.78 is 0. The number of hydrazine groups is 1. The Morgan fingerprint density at radius 1 is 1.19 bits per heavy atom. The monoisotopic (exact) mass is 406 g/mol. The highest BCUT2D eigenvalue weighted by Crippen LogP contribution is 2.20. The third-order valence-electron chi connectivity index (χ3n) is 4.49. The van der Waals surface area contributed by atoms with Crippen molar-refractivity contribution in [3.63, 3.8) is 0 Å². The normalized spacial score (nSPS) is 19.6. The lowest BCUT2D eigenvalue weighted by Crippen LogP contribution is -2.51. The van der Waals surface area contributed by atoms with Crippen molar-refractivity contribution in [2.24, 2.45) is 0 Å². The van der Waals surface area contributed by atoms with E-state index in [4.69, 9.17) is 0 Å². The van der Waals surface area contributed by atoms with Gasteiger partial charge in [0, 0.05) is 22.8 Å². The molecule has 1 fully saturated rings. The predicted octanol–water partition coefficient (Wildman–Crippen LogP) is 2.56. The summed E-state index contributed by atoms with van der Waals surface area (Å²) in [6, 6.07) is 7.40. The fraction of sp³-hybridized carbons (Fsp3) is 0.389. The summed E-state index contributed by atoms with van der Waals surface area (Å²) in [6.07, 6.45) is 0.451. The van der Waals surface area contributed by atoms with Gasteiger partial charge < -0.3 is 5.32 Å². The van der Waals surface area contributed by atoms with Gasteiger partial charge in [0.15, 0.2) is 0 Å². The number of nitrogens with one attached hydrogen (secondary N) is 2. The van der Waals surface area contributed by atoms with Crippen molar-refractivity contribution in [3.05, 3.63) is 44.8 Å². The molecule has 0 spiro atoms. The number of carbonyl (C=O) groups excluding carboxylic acids is 3. The second-order valence-electron chi connectivity index (χ2n) is 6.60. The number of hydrogen-bond donors (Lipinski definition) is 2. The van der Waals surface area contributed by atoms with Gasteiger partial charge >= 0.3 is 6.03 Å². The Hall–Kier alpha value is -2.23. The van der Waals surface area contributed by atoms with Crippen LogP contribution in [0.4, 0.5) is 4.79 Å². The molecule has 3 rings (SSSR count). The summed E-state index contributed by atoms with van der Waals surface area (Å²) in [5.41, 5.74) is 1.48. The highest BCUT2D eigenvalue weighted by molar-refractivity contribution is 7.10. The van der Waals surface area contributed by atoms with E-state index in [2.05, 4.69) is 10.7 Å². The fourth-order valence-corrected chi connectivity index (χ4v) is 4.29. The van der Waals surface area contributed by atoms with Crippen LogP contribution in [0.5, 0.6) is 0 Å². The first kappa shape index (κ1) is 19.5. The van der Waals surface area contributed by atoms with Crippen molar-refractivity contribution in [1.29, 1.82) is 0 Å². The Morgan fingerprint density at radius 2 is 1.78 bits per heavy atom. The van der Waals surface area contributed by atoms with E-state index < -0.39 is 23.4 Å². The molecule has 1 aliphatic rings. The van der Waals surface area contributed by atoms with E-state index in [0.717, 1.165) is 14.8 Å². The molecule has 0 aromatic carbocycles. The van der Waals surface area contributed by atoms with E-state index in [1.54, 1.807) is 29.6 Å². The minimum atomic E-state index is -0.974. The lowest BCUT2D eigenvalue weighted by Gasteiger charge is -2.23. The molecule has 0 radical (unpaired) electrons. The molecule has 2 aromatic heterocycles. The number of thiophene rings is 2. The van der Waals surface area contributed by atoms with Crippen LogP contribution in [0.25, 0.3) is 0 Å². The molecule has 3 heterocycles. The average molecular weight is 407 g/mol. The van der Waals surface area contributed by atoms with E-state index >= 15 is 0 Å². The molecule has 4 amide bonds. The third-order valence-corrected chi connectivity index (χ3v) is 6.21. The summed E-state index contributed by atoms with van der Waals surface area (Å²) in [4.78, 5) is 41.3. The van der Waals surface area contributed by atoms with Crippen LogP contribution in [-0.4, -0.2) is 39.8 Å². The molecule has 0 aliphatic carbocycles. The summed E-state index contributed by atoms with van der Waals surface area (Å²) >= 11 is 3.26. The second-order valence-corrected chi connectivity index (χ2v) is 8.66. The maximum atomic E-state index is 12.5. The van der Waals surface area contributed by atoms with Crippen LogP contribution in [0.15, 0.2) is 35.0 Å². The first-order valence-electron chi connectivity index (χ1n) is 8.64. The quantitative estimate of drug-likeness (QED) is 0.660. The number of hydrogen-bond acceptors (Lipinski definition) is 6. The van der Waals surface area contributed by atoms with Gasteiger partial charge in [-0.05, 0) is 36.2 Å². The number of amides is 4. The highest BCUT2D eigenvalue weighted by atomic mass is 32.1. The van der Waals surface area contributed by atoms with Crippen molar-refractivity contribution in [2.45, 2.75) is 38.9 Å². The molecule has 1 saturated heterocycles. The average Bonchev–Trinajstić information content (AvgIpc) is 3.35. The van der Waals surface area contributed by atoms with Crippen LogP contribution >= 0.6 is 22.7 Å². The van der Waals surface area contributed by atoms with E-state index in [1.807, 2.05) is 46.8 Å². The molecular weight excluding hydrogens is 384 g/mol. The van der Waals surface area contributed by atoms with Gasteiger partial charge in [-0.2, -0.15) is 5.01 Å². The van der Waals surface area contributed by atoms with Crippen molar-refractivity contribution in [2.75, 3.05) is 6.54 Å². The van der Waals surface area contributed by atoms with Crippen molar-refractivity contribution in [3.8, 4) is 0 Å². The summed E-state index contributed by atoms with van der Waals surface area (Å²) in [5.74, 6) is -0.835. The smallest absolute Gasteiger partial charge is 0.322 e. The number of carbonyl (C=O) groups is 3. The fourth-order valence-electron chi connectivity index (χ4n) is 2.80. The molecule has 1 unspecified atom stereocenters. The first-order valence-corrected chi connectivity index (χ1v) is 10.4. The molecule has 9 heteroatoms. The largest absolute Gasteiger partial charge is 0.344 e. The van der Waals surface area contributed by atoms with Crippen LogP contribution in [-0.2, 0) is 22.7 Å². The minimum absolute atomic E-state index is 0.0791. The van der Waals surface area contributed by atoms with Gasteiger partial charge in [0.25, 0.3) is 11.8 Å². The van der Waals surface area contributed by atoms with Crippen LogP contribution in [0.1, 0.15) is 30.0 Å². The zero-order valence-electron chi connectivity index (χ0n) is 15.2. The van der Waals surface area contributed by atoms with Gasteiger partial charge in [-0.15, -0.1) is 22.7 Å². The molecule has 0 saturated carbocycles. The van der Waals surface area contributed by atoms with Gasteiger partial charge in [0.05, 0.1) is 6.54 Å². The van der Waals surface area contributed by atoms with E-state index in [1.165, 1.54) is 0 Å². The molecule has 144 valence electrons. The zero-order chi connectivity index (χ0) is 19.4. The molecule has 1 aliphatic heterocycles. The third kappa shape index (κ3) is 4.55. The lowest BCUT2D eigenvalue weighted by atomic mass is 10.00. The Kier molecular flexibility index (Phi) is 5.93. The van der Waals surface area contributed by atoms with Gasteiger partial charge in [0.2, 0.25) is 0 Å². The Balaban J connectivity index is 1.65. The van der Waals surface area contributed by atoms with E-state index in [0.29, 0.717) is 19.5 Å². The molecule has 2 N–H and O–H groups in total. The molecule has 0 bridgehead atoms.